The van der Waals surface area contributed by atoms with Crippen LogP contribution in [0.3, 0.4) is 0 Å². The van der Waals surface area contributed by atoms with Crippen molar-refractivity contribution in [1.82, 2.24) is 5.32 Å². The van der Waals surface area contributed by atoms with Crippen LogP contribution in [0.2, 0.25) is 0 Å². The molecule has 1 aliphatic heterocycles. The zero-order valence-corrected chi connectivity index (χ0v) is 9.74. The van der Waals surface area contributed by atoms with E-state index in [0.29, 0.717) is 0 Å². The van der Waals surface area contributed by atoms with Crippen LogP contribution < -0.4 is 5.32 Å². The quantitative estimate of drug-likeness (QED) is 0.779. The van der Waals surface area contributed by atoms with Gasteiger partial charge in [-0.15, -0.1) is 0 Å². The van der Waals surface area contributed by atoms with Crippen molar-refractivity contribution in [3.63, 3.8) is 0 Å². The third-order valence-corrected chi connectivity index (χ3v) is 3.61. The van der Waals surface area contributed by atoms with Gasteiger partial charge in [0.2, 0.25) is 0 Å². The Bertz CT molecular complexity index is 291. The van der Waals surface area contributed by atoms with Crippen molar-refractivity contribution in [2.24, 2.45) is 11.8 Å². The molecule has 82 valence electrons. The van der Waals surface area contributed by atoms with Crippen molar-refractivity contribution in [2.75, 3.05) is 13.1 Å². The summed E-state index contributed by atoms with van der Waals surface area (Å²) in [6.45, 7) is 7.03. The number of piperidine rings is 1. The first-order valence-electron chi connectivity index (χ1n) is 6.04. The van der Waals surface area contributed by atoms with E-state index in [9.17, 15) is 0 Å². The Morgan fingerprint density at radius 2 is 1.93 bits per heavy atom. The van der Waals surface area contributed by atoms with E-state index in [2.05, 4.69) is 49.5 Å². The molecule has 1 N–H and O–H groups in total. The molecule has 1 aliphatic rings. The minimum Gasteiger partial charge on any atom is -0.316 e. The predicted molar refractivity (Wildman–Crippen MR) is 65.0 cm³/mol. The van der Waals surface area contributed by atoms with E-state index in [-0.39, 0.29) is 0 Å². The van der Waals surface area contributed by atoms with E-state index >= 15 is 0 Å². The predicted octanol–water partition coefficient (Wildman–Crippen LogP) is 3.04. The first-order valence-corrected chi connectivity index (χ1v) is 6.04. The molecule has 0 amide bonds. The third-order valence-electron chi connectivity index (χ3n) is 3.61. The molecule has 2 atom stereocenters. The fraction of sp³-hybridized carbons (Fsp3) is 0.571. The van der Waals surface area contributed by atoms with Crippen LogP contribution in [0.1, 0.15) is 31.7 Å². The van der Waals surface area contributed by atoms with E-state index in [1.807, 2.05) is 0 Å². The van der Waals surface area contributed by atoms with Crippen LogP contribution in [0.5, 0.6) is 0 Å². The Hall–Kier alpha value is -0.820. The van der Waals surface area contributed by atoms with Crippen LogP contribution in [-0.2, 0) is 0 Å². The van der Waals surface area contributed by atoms with E-state index in [1.54, 1.807) is 0 Å². The SMILES string of the molecule is CC(C)C1CNCCC1c1ccccc1. The summed E-state index contributed by atoms with van der Waals surface area (Å²) in [7, 11) is 0. The maximum Gasteiger partial charge on any atom is -0.00122 e. The maximum atomic E-state index is 3.52. The fourth-order valence-corrected chi connectivity index (χ4v) is 2.70. The smallest absolute Gasteiger partial charge is 0.00122 e. The van der Waals surface area contributed by atoms with Gasteiger partial charge >= 0.3 is 0 Å². The summed E-state index contributed by atoms with van der Waals surface area (Å²) in [5.41, 5.74) is 1.53. The van der Waals surface area contributed by atoms with E-state index < -0.39 is 0 Å². The highest BCUT2D eigenvalue weighted by molar-refractivity contribution is 5.21. The molecule has 0 saturated carbocycles. The van der Waals surface area contributed by atoms with Crippen molar-refractivity contribution in [1.29, 1.82) is 0 Å². The largest absolute Gasteiger partial charge is 0.316 e. The molecule has 1 heteroatoms. The second-order valence-corrected chi connectivity index (χ2v) is 4.92. The molecule has 1 nitrogen and oxygen atoms in total. The molecule has 2 rings (SSSR count). The first-order chi connectivity index (χ1) is 7.29. The summed E-state index contributed by atoms with van der Waals surface area (Å²) in [5, 5.41) is 3.52. The molecule has 1 heterocycles. The Labute approximate surface area is 92.9 Å². The minimum atomic E-state index is 0.757. The average Bonchev–Trinajstić information content (AvgIpc) is 2.30. The Morgan fingerprint density at radius 3 is 2.60 bits per heavy atom. The van der Waals surface area contributed by atoms with Crippen LogP contribution in [0.4, 0.5) is 0 Å². The van der Waals surface area contributed by atoms with Crippen molar-refractivity contribution in [2.45, 2.75) is 26.2 Å². The summed E-state index contributed by atoms with van der Waals surface area (Å²) >= 11 is 0. The lowest BCUT2D eigenvalue weighted by molar-refractivity contribution is 0.255. The molecule has 1 aromatic carbocycles. The number of hydrogen-bond donors (Lipinski definition) is 1. The lowest BCUT2D eigenvalue weighted by Crippen LogP contribution is -2.38. The van der Waals surface area contributed by atoms with Gasteiger partial charge in [0.15, 0.2) is 0 Å². The Morgan fingerprint density at radius 1 is 1.20 bits per heavy atom. The van der Waals surface area contributed by atoms with Gasteiger partial charge in [-0.25, -0.2) is 0 Å². The molecule has 0 aromatic heterocycles. The number of nitrogens with one attached hydrogen (secondary N) is 1. The van der Waals surface area contributed by atoms with Crippen LogP contribution in [0.15, 0.2) is 30.3 Å². The van der Waals surface area contributed by atoms with Gasteiger partial charge < -0.3 is 5.32 Å². The second kappa shape index (κ2) is 4.80. The number of rotatable bonds is 2. The summed E-state index contributed by atoms with van der Waals surface area (Å²) < 4.78 is 0. The highest BCUT2D eigenvalue weighted by Crippen LogP contribution is 2.34. The average molecular weight is 203 g/mol. The molecule has 0 radical (unpaired) electrons. The van der Waals surface area contributed by atoms with Gasteiger partial charge in [-0.2, -0.15) is 0 Å². The highest BCUT2D eigenvalue weighted by atomic mass is 14.9. The molecule has 1 fully saturated rings. The molecule has 2 unspecified atom stereocenters. The van der Waals surface area contributed by atoms with Gasteiger partial charge in [-0.1, -0.05) is 44.2 Å². The molecule has 1 saturated heterocycles. The zero-order valence-electron chi connectivity index (χ0n) is 9.74. The Kier molecular flexibility index (Phi) is 3.42. The lowest BCUT2D eigenvalue weighted by atomic mass is 9.75. The molecule has 1 aromatic rings. The van der Waals surface area contributed by atoms with Crippen molar-refractivity contribution in [3.05, 3.63) is 35.9 Å². The van der Waals surface area contributed by atoms with Gasteiger partial charge in [0.1, 0.15) is 0 Å². The second-order valence-electron chi connectivity index (χ2n) is 4.92. The third kappa shape index (κ3) is 2.40. The van der Waals surface area contributed by atoms with E-state index in [0.717, 1.165) is 17.8 Å². The monoisotopic (exact) mass is 203 g/mol. The van der Waals surface area contributed by atoms with Crippen LogP contribution in [0.25, 0.3) is 0 Å². The van der Waals surface area contributed by atoms with Crippen LogP contribution >= 0.6 is 0 Å². The number of hydrogen-bond acceptors (Lipinski definition) is 1. The van der Waals surface area contributed by atoms with Gasteiger partial charge in [0.25, 0.3) is 0 Å². The Balaban J connectivity index is 2.18. The molecule has 0 spiro atoms. The molecule has 0 aliphatic carbocycles. The summed E-state index contributed by atoms with van der Waals surface area (Å²) in [6, 6.07) is 11.0. The van der Waals surface area contributed by atoms with Crippen molar-refractivity contribution >= 4 is 0 Å². The summed E-state index contributed by atoms with van der Waals surface area (Å²) in [6.07, 6.45) is 1.28. The van der Waals surface area contributed by atoms with Crippen molar-refractivity contribution < 1.29 is 0 Å². The highest BCUT2D eigenvalue weighted by Gasteiger charge is 2.28. The standard InChI is InChI=1S/C14H21N/c1-11(2)14-10-15-9-8-13(14)12-6-4-3-5-7-12/h3-7,11,13-15H,8-10H2,1-2H3. The van der Waals surface area contributed by atoms with E-state index in [1.165, 1.54) is 25.1 Å². The van der Waals surface area contributed by atoms with Gasteiger partial charge in [-0.3, -0.25) is 0 Å². The topological polar surface area (TPSA) is 12.0 Å². The van der Waals surface area contributed by atoms with Crippen LogP contribution in [0, 0.1) is 11.8 Å². The van der Waals surface area contributed by atoms with Gasteiger partial charge in [0.05, 0.1) is 0 Å². The fourth-order valence-electron chi connectivity index (χ4n) is 2.70. The normalized spacial score (nSPS) is 26.9. The lowest BCUT2D eigenvalue weighted by Gasteiger charge is -2.35. The molecule has 15 heavy (non-hydrogen) atoms. The van der Waals surface area contributed by atoms with E-state index in [4.69, 9.17) is 0 Å². The van der Waals surface area contributed by atoms with Crippen LogP contribution in [-0.4, -0.2) is 13.1 Å². The molecule has 0 bridgehead atoms. The van der Waals surface area contributed by atoms with Gasteiger partial charge in [0, 0.05) is 0 Å². The maximum absolute atomic E-state index is 3.52. The molecular weight excluding hydrogens is 182 g/mol. The first kappa shape index (κ1) is 10.7. The minimum absolute atomic E-state index is 0.757. The summed E-state index contributed by atoms with van der Waals surface area (Å²) in [4.78, 5) is 0. The zero-order chi connectivity index (χ0) is 10.7. The van der Waals surface area contributed by atoms with Crippen molar-refractivity contribution in [3.8, 4) is 0 Å². The van der Waals surface area contributed by atoms with Gasteiger partial charge in [-0.05, 0) is 42.8 Å². The summed E-state index contributed by atoms with van der Waals surface area (Å²) in [5.74, 6) is 2.32. The number of benzene rings is 1. The molecular formula is C14H21N.